The zero-order valence-corrected chi connectivity index (χ0v) is 11.6. The average molecular weight is 261 g/mol. The van der Waals surface area contributed by atoms with Crippen LogP contribution in [-0.2, 0) is 4.79 Å². The minimum Gasteiger partial charge on any atom is -0.350 e. The van der Waals surface area contributed by atoms with Gasteiger partial charge in [0, 0.05) is 18.8 Å². The maximum absolute atomic E-state index is 11.9. The van der Waals surface area contributed by atoms with E-state index in [4.69, 9.17) is 0 Å². The monoisotopic (exact) mass is 261 g/mol. The van der Waals surface area contributed by atoms with Gasteiger partial charge in [0.2, 0.25) is 5.91 Å². The van der Waals surface area contributed by atoms with E-state index < -0.39 is 0 Å². The molecule has 1 amide bonds. The summed E-state index contributed by atoms with van der Waals surface area (Å²) in [5.41, 5.74) is 1.10. The van der Waals surface area contributed by atoms with E-state index >= 15 is 0 Å². The van der Waals surface area contributed by atoms with Gasteiger partial charge >= 0.3 is 0 Å². The summed E-state index contributed by atoms with van der Waals surface area (Å²) in [6.07, 6.45) is 7.57. The zero-order valence-electron chi connectivity index (χ0n) is 11.6. The molecule has 1 aromatic rings. The molecule has 0 bridgehead atoms. The Morgan fingerprint density at radius 1 is 1.42 bits per heavy atom. The predicted octanol–water partition coefficient (Wildman–Crippen LogP) is 2.04. The second kappa shape index (κ2) is 7.24. The Bertz CT molecular complexity index is 388. The molecule has 0 aromatic carbocycles. The summed E-state index contributed by atoms with van der Waals surface area (Å²) in [5, 5.41) is 6.40. The van der Waals surface area contributed by atoms with E-state index in [1.807, 2.05) is 19.1 Å². The number of pyridine rings is 1. The first-order valence-corrected chi connectivity index (χ1v) is 7.15. The Kier molecular flexibility index (Phi) is 5.33. The summed E-state index contributed by atoms with van der Waals surface area (Å²) < 4.78 is 0. The fourth-order valence-electron chi connectivity index (χ4n) is 2.55. The lowest BCUT2D eigenvalue weighted by Crippen LogP contribution is -2.30. The molecular weight excluding hydrogens is 238 g/mol. The number of piperidine rings is 1. The minimum absolute atomic E-state index is 0.0588. The Hall–Kier alpha value is -1.42. The van der Waals surface area contributed by atoms with Crippen molar-refractivity contribution in [1.82, 2.24) is 15.6 Å². The number of hydrogen-bond acceptors (Lipinski definition) is 3. The van der Waals surface area contributed by atoms with Crippen LogP contribution in [0.4, 0.5) is 0 Å². The summed E-state index contributed by atoms with van der Waals surface area (Å²) in [6.45, 7) is 4.21. The normalized spacial score (nSPS) is 17.9. The molecule has 1 aliphatic rings. The van der Waals surface area contributed by atoms with Crippen LogP contribution in [0.5, 0.6) is 0 Å². The van der Waals surface area contributed by atoms with Gasteiger partial charge < -0.3 is 10.6 Å². The third kappa shape index (κ3) is 4.63. The van der Waals surface area contributed by atoms with Crippen molar-refractivity contribution < 1.29 is 4.79 Å². The van der Waals surface area contributed by atoms with Gasteiger partial charge in [-0.3, -0.25) is 9.78 Å². The maximum atomic E-state index is 11.9. The van der Waals surface area contributed by atoms with E-state index in [1.54, 1.807) is 12.4 Å². The van der Waals surface area contributed by atoms with Gasteiger partial charge in [-0.25, -0.2) is 0 Å². The van der Waals surface area contributed by atoms with Crippen molar-refractivity contribution in [3.05, 3.63) is 30.1 Å². The molecule has 1 fully saturated rings. The molecule has 2 heterocycles. The smallest absolute Gasteiger partial charge is 0.220 e. The first-order valence-electron chi connectivity index (χ1n) is 7.15. The molecule has 104 valence electrons. The fraction of sp³-hybridized carbons (Fsp3) is 0.600. The van der Waals surface area contributed by atoms with Gasteiger partial charge in [0.25, 0.3) is 0 Å². The predicted molar refractivity (Wildman–Crippen MR) is 75.6 cm³/mol. The lowest BCUT2D eigenvalue weighted by atomic mass is 9.93. The highest BCUT2D eigenvalue weighted by Gasteiger charge is 2.15. The molecule has 0 saturated carbocycles. The van der Waals surface area contributed by atoms with E-state index in [2.05, 4.69) is 15.6 Å². The Balaban J connectivity index is 1.71. The molecular formula is C15H23N3O. The van der Waals surface area contributed by atoms with Crippen LogP contribution in [0, 0.1) is 5.92 Å². The molecule has 0 aliphatic carbocycles. The molecule has 4 heteroatoms. The number of carbonyl (C=O) groups is 1. The van der Waals surface area contributed by atoms with Gasteiger partial charge in [-0.15, -0.1) is 0 Å². The Labute approximate surface area is 115 Å². The maximum Gasteiger partial charge on any atom is 0.220 e. The molecule has 1 aromatic heterocycles. The molecule has 0 unspecified atom stereocenters. The van der Waals surface area contributed by atoms with Crippen molar-refractivity contribution in [2.75, 3.05) is 13.1 Å². The molecule has 1 aliphatic heterocycles. The van der Waals surface area contributed by atoms with Crippen molar-refractivity contribution >= 4 is 5.91 Å². The van der Waals surface area contributed by atoms with Crippen LogP contribution in [0.3, 0.4) is 0 Å². The van der Waals surface area contributed by atoms with Crippen LogP contribution in [0.15, 0.2) is 24.5 Å². The summed E-state index contributed by atoms with van der Waals surface area (Å²) in [4.78, 5) is 15.9. The van der Waals surface area contributed by atoms with Crippen LogP contribution in [0.2, 0.25) is 0 Å². The number of hydrogen-bond donors (Lipinski definition) is 2. The van der Waals surface area contributed by atoms with Gasteiger partial charge in [0.1, 0.15) is 0 Å². The number of aromatic nitrogens is 1. The van der Waals surface area contributed by atoms with Crippen molar-refractivity contribution in [3.63, 3.8) is 0 Å². The topological polar surface area (TPSA) is 54.0 Å². The van der Waals surface area contributed by atoms with E-state index in [0.717, 1.165) is 25.1 Å². The first-order chi connectivity index (χ1) is 9.25. The number of rotatable bonds is 5. The number of amides is 1. The number of nitrogens with one attached hydrogen (secondary N) is 2. The SMILES string of the molecule is C[C@H](NC(=O)CCC1CCNCC1)c1ccncc1. The molecule has 2 N–H and O–H groups in total. The van der Waals surface area contributed by atoms with Crippen molar-refractivity contribution in [2.24, 2.45) is 5.92 Å². The van der Waals surface area contributed by atoms with Crippen molar-refractivity contribution in [3.8, 4) is 0 Å². The lowest BCUT2D eigenvalue weighted by Gasteiger charge is -2.22. The third-order valence-corrected chi connectivity index (χ3v) is 3.82. The van der Waals surface area contributed by atoms with Crippen molar-refractivity contribution in [2.45, 2.75) is 38.6 Å². The Morgan fingerprint density at radius 2 is 2.11 bits per heavy atom. The van der Waals surface area contributed by atoms with E-state index in [-0.39, 0.29) is 11.9 Å². The summed E-state index contributed by atoms with van der Waals surface area (Å²) >= 11 is 0. The molecule has 1 saturated heterocycles. The first kappa shape index (κ1) is 14.0. The van der Waals surface area contributed by atoms with Gasteiger partial charge in [-0.05, 0) is 62.9 Å². The van der Waals surface area contributed by atoms with Crippen LogP contribution in [-0.4, -0.2) is 24.0 Å². The summed E-state index contributed by atoms with van der Waals surface area (Å²) in [5.74, 6) is 0.867. The van der Waals surface area contributed by atoms with E-state index in [0.29, 0.717) is 12.3 Å². The lowest BCUT2D eigenvalue weighted by molar-refractivity contribution is -0.122. The highest BCUT2D eigenvalue weighted by molar-refractivity contribution is 5.76. The molecule has 0 radical (unpaired) electrons. The molecule has 4 nitrogen and oxygen atoms in total. The highest BCUT2D eigenvalue weighted by Crippen LogP contribution is 2.18. The molecule has 19 heavy (non-hydrogen) atoms. The molecule has 0 spiro atoms. The quantitative estimate of drug-likeness (QED) is 0.853. The number of carbonyl (C=O) groups excluding carboxylic acids is 1. The van der Waals surface area contributed by atoms with E-state index in [1.165, 1.54) is 12.8 Å². The van der Waals surface area contributed by atoms with Gasteiger partial charge in [0.15, 0.2) is 0 Å². The van der Waals surface area contributed by atoms with Gasteiger partial charge in [-0.2, -0.15) is 0 Å². The standard InChI is InChI=1S/C15H23N3O/c1-12(14-6-10-17-11-7-14)18-15(19)3-2-13-4-8-16-9-5-13/h6-7,10-13,16H,2-5,8-9H2,1H3,(H,18,19)/t12-/m0/s1. The average Bonchev–Trinajstić information content (AvgIpc) is 2.47. The molecule has 1 atom stereocenters. The fourth-order valence-corrected chi connectivity index (χ4v) is 2.55. The number of nitrogens with zero attached hydrogens (tertiary/aromatic N) is 1. The third-order valence-electron chi connectivity index (χ3n) is 3.82. The van der Waals surface area contributed by atoms with Crippen LogP contribution < -0.4 is 10.6 Å². The molecule has 2 rings (SSSR count). The minimum atomic E-state index is 0.0588. The van der Waals surface area contributed by atoms with Gasteiger partial charge in [-0.1, -0.05) is 0 Å². The second-order valence-electron chi connectivity index (χ2n) is 5.30. The largest absolute Gasteiger partial charge is 0.350 e. The van der Waals surface area contributed by atoms with Crippen LogP contribution >= 0.6 is 0 Å². The van der Waals surface area contributed by atoms with E-state index in [9.17, 15) is 4.79 Å². The van der Waals surface area contributed by atoms with Gasteiger partial charge in [0.05, 0.1) is 6.04 Å². The zero-order chi connectivity index (χ0) is 13.5. The summed E-state index contributed by atoms with van der Waals surface area (Å²) in [6, 6.07) is 3.94. The van der Waals surface area contributed by atoms with Crippen LogP contribution in [0.25, 0.3) is 0 Å². The van der Waals surface area contributed by atoms with Crippen LogP contribution in [0.1, 0.15) is 44.2 Å². The Morgan fingerprint density at radius 3 is 2.79 bits per heavy atom. The van der Waals surface area contributed by atoms with Crippen molar-refractivity contribution in [1.29, 1.82) is 0 Å². The highest BCUT2D eigenvalue weighted by atomic mass is 16.1. The second-order valence-corrected chi connectivity index (χ2v) is 5.30. The summed E-state index contributed by atoms with van der Waals surface area (Å²) in [7, 11) is 0.